The monoisotopic (exact) mass is 271 g/mol. The number of fused-ring (bicyclic) bond motifs is 1. The molecule has 3 nitrogen and oxygen atoms in total. The lowest BCUT2D eigenvalue weighted by atomic mass is 9.63. The number of rotatable bonds is 1. The number of hydrogen-bond acceptors (Lipinski definition) is 3. The second-order valence-corrected chi connectivity index (χ2v) is 6.98. The van der Waals surface area contributed by atoms with Gasteiger partial charge in [-0.3, -0.25) is 0 Å². The number of ether oxygens (including phenoxy) is 1. The van der Waals surface area contributed by atoms with Gasteiger partial charge < -0.3 is 9.84 Å². The molecule has 2 aliphatic rings. The number of benzene rings is 1. The predicted molar refractivity (Wildman–Crippen MR) is 76.4 cm³/mol. The van der Waals surface area contributed by atoms with Crippen LogP contribution in [0.4, 0.5) is 0 Å². The lowest BCUT2D eigenvalue weighted by Crippen LogP contribution is -2.52. The summed E-state index contributed by atoms with van der Waals surface area (Å²) >= 11 is 0. The van der Waals surface area contributed by atoms with Crippen molar-refractivity contribution < 1.29 is 9.84 Å². The molecule has 20 heavy (non-hydrogen) atoms. The lowest BCUT2D eigenvalue weighted by Gasteiger charge is -2.44. The molecule has 1 aromatic carbocycles. The van der Waals surface area contributed by atoms with Gasteiger partial charge in [0.1, 0.15) is 11.2 Å². The van der Waals surface area contributed by atoms with E-state index in [1.54, 1.807) is 0 Å². The van der Waals surface area contributed by atoms with Crippen LogP contribution in [0, 0.1) is 16.7 Å². The van der Waals surface area contributed by atoms with Crippen LogP contribution in [-0.2, 0) is 5.41 Å². The Morgan fingerprint density at radius 1 is 1.20 bits per heavy atom. The summed E-state index contributed by atoms with van der Waals surface area (Å²) in [4.78, 5) is 0. The molecule has 1 heterocycles. The van der Waals surface area contributed by atoms with E-state index in [9.17, 15) is 10.4 Å². The Balaban J connectivity index is 2.13. The molecule has 1 fully saturated rings. The molecule has 0 amide bonds. The van der Waals surface area contributed by atoms with E-state index in [2.05, 4.69) is 19.9 Å². The van der Waals surface area contributed by atoms with Gasteiger partial charge in [0.05, 0.1) is 18.3 Å². The highest BCUT2D eigenvalue weighted by atomic mass is 16.5. The first-order valence-corrected chi connectivity index (χ1v) is 7.29. The Morgan fingerprint density at radius 2 is 1.95 bits per heavy atom. The molecule has 0 bridgehead atoms. The zero-order chi connectivity index (χ0) is 14.4. The van der Waals surface area contributed by atoms with Gasteiger partial charge in [0.25, 0.3) is 0 Å². The number of nitrogens with zero attached hydrogens (tertiary/aromatic N) is 1. The third-order valence-electron chi connectivity index (χ3n) is 5.05. The van der Waals surface area contributed by atoms with Gasteiger partial charge in [0.2, 0.25) is 0 Å². The van der Waals surface area contributed by atoms with E-state index in [0.717, 1.165) is 17.7 Å². The van der Waals surface area contributed by atoms with E-state index in [4.69, 9.17) is 4.74 Å². The van der Waals surface area contributed by atoms with Crippen molar-refractivity contribution in [2.45, 2.75) is 50.5 Å². The van der Waals surface area contributed by atoms with Gasteiger partial charge in [-0.05, 0) is 30.7 Å². The minimum absolute atomic E-state index is 0.0891. The fourth-order valence-electron chi connectivity index (χ4n) is 3.98. The SMILES string of the molecule is CC1(C)CCC(O)(C2(C#N)CCOc3ccccc32)C1. The van der Waals surface area contributed by atoms with E-state index in [1.807, 2.05) is 24.3 Å². The molecule has 0 radical (unpaired) electrons. The lowest BCUT2D eigenvalue weighted by molar-refractivity contribution is -0.0333. The highest BCUT2D eigenvalue weighted by Gasteiger charge is 2.59. The number of para-hydroxylation sites is 1. The quantitative estimate of drug-likeness (QED) is 0.853. The molecule has 1 N–H and O–H groups in total. The van der Waals surface area contributed by atoms with Crippen LogP contribution in [0.15, 0.2) is 24.3 Å². The molecule has 106 valence electrons. The highest BCUT2D eigenvalue weighted by Crippen LogP contribution is 2.56. The summed E-state index contributed by atoms with van der Waals surface area (Å²) in [5.41, 5.74) is -0.846. The van der Waals surface area contributed by atoms with Crippen molar-refractivity contribution in [3.8, 4) is 11.8 Å². The van der Waals surface area contributed by atoms with Crippen molar-refractivity contribution in [3.63, 3.8) is 0 Å². The molecule has 1 aliphatic carbocycles. The molecule has 2 unspecified atom stereocenters. The normalized spacial score (nSPS) is 34.9. The second kappa shape index (κ2) is 4.23. The second-order valence-electron chi connectivity index (χ2n) is 6.98. The number of aliphatic hydroxyl groups is 1. The minimum Gasteiger partial charge on any atom is -0.493 e. The number of nitriles is 1. The summed E-state index contributed by atoms with van der Waals surface area (Å²) in [5.74, 6) is 0.749. The summed E-state index contributed by atoms with van der Waals surface area (Å²) < 4.78 is 5.67. The van der Waals surface area contributed by atoms with E-state index in [0.29, 0.717) is 25.9 Å². The average Bonchev–Trinajstić information content (AvgIpc) is 2.73. The first-order chi connectivity index (χ1) is 9.43. The fraction of sp³-hybridized carbons (Fsp3) is 0.588. The predicted octanol–water partition coefficient (Wildman–Crippen LogP) is 3.17. The van der Waals surface area contributed by atoms with Crippen LogP contribution in [0.25, 0.3) is 0 Å². The van der Waals surface area contributed by atoms with Crippen molar-refractivity contribution in [1.82, 2.24) is 0 Å². The van der Waals surface area contributed by atoms with Gasteiger partial charge in [-0.2, -0.15) is 5.26 Å². The molecular weight excluding hydrogens is 250 g/mol. The van der Waals surface area contributed by atoms with Gasteiger partial charge in [-0.25, -0.2) is 0 Å². The first kappa shape index (κ1) is 13.5. The van der Waals surface area contributed by atoms with Gasteiger partial charge in [-0.15, -0.1) is 0 Å². The summed E-state index contributed by atoms with van der Waals surface area (Å²) in [6.07, 6.45) is 2.87. The summed E-state index contributed by atoms with van der Waals surface area (Å²) in [5, 5.41) is 21.2. The Morgan fingerprint density at radius 3 is 2.60 bits per heavy atom. The molecule has 2 atom stereocenters. The van der Waals surface area contributed by atoms with Crippen LogP contribution in [0.1, 0.15) is 45.1 Å². The maximum atomic E-state index is 11.3. The molecule has 0 spiro atoms. The van der Waals surface area contributed by atoms with Gasteiger partial charge in [-0.1, -0.05) is 32.0 Å². The summed E-state index contributed by atoms with van der Waals surface area (Å²) in [7, 11) is 0. The van der Waals surface area contributed by atoms with Crippen LogP contribution >= 0.6 is 0 Å². The van der Waals surface area contributed by atoms with Crippen molar-refractivity contribution in [1.29, 1.82) is 5.26 Å². The number of hydrogen-bond donors (Lipinski definition) is 1. The molecule has 3 heteroatoms. The van der Waals surface area contributed by atoms with Gasteiger partial charge >= 0.3 is 0 Å². The Kier molecular flexibility index (Phi) is 2.85. The van der Waals surface area contributed by atoms with Crippen LogP contribution in [0.5, 0.6) is 5.75 Å². The molecule has 3 rings (SSSR count). The smallest absolute Gasteiger partial charge is 0.124 e. The first-order valence-electron chi connectivity index (χ1n) is 7.29. The molecule has 1 saturated carbocycles. The van der Waals surface area contributed by atoms with Crippen molar-refractivity contribution in [2.75, 3.05) is 6.61 Å². The van der Waals surface area contributed by atoms with Crippen molar-refractivity contribution >= 4 is 0 Å². The minimum atomic E-state index is -0.953. The van der Waals surface area contributed by atoms with E-state index < -0.39 is 11.0 Å². The van der Waals surface area contributed by atoms with E-state index >= 15 is 0 Å². The molecular formula is C17H21NO2. The Bertz CT molecular complexity index is 575. The largest absolute Gasteiger partial charge is 0.493 e. The zero-order valence-electron chi connectivity index (χ0n) is 12.1. The van der Waals surface area contributed by atoms with Crippen molar-refractivity contribution in [3.05, 3.63) is 29.8 Å². The Hall–Kier alpha value is -1.53. The zero-order valence-corrected chi connectivity index (χ0v) is 12.1. The molecule has 0 saturated heterocycles. The maximum Gasteiger partial charge on any atom is 0.124 e. The fourth-order valence-corrected chi connectivity index (χ4v) is 3.98. The van der Waals surface area contributed by atoms with Crippen molar-refractivity contribution in [2.24, 2.45) is 5.41 Å². The molecule has 0 aromatic heterocycles. The summed E-state index contributed by atoms with van der Waals surface area (Å²) in [6, 6.07) is 10.1. The molecule has 1 aromatic rings. The van der Waals surface area contributed by atoms with Crippen LogP contribution in [-0.4, -0.2) is 17.3 Å². The maximum absolute atomic E-state index is 11.3. The van der Waals surface area contributed by atoms with Gasteiger partial charge in [0.15, 0.2) is 0 Å². The van der Waals surface area contributed by atoms with Crippen LogP contribution in [0.2, 0.25) is 0 Å². The molecule has 1 aliphatic heterocycles. The third kappa shape index (κ3) is 1.75. The van der Waals surface area contributed by atoms with Crippen LogP contribution in [0.3, 0.4) is 0 Å². The van der Waals surface area contributed by atoms with Crippen LogP contribution < -0.4 is 4.74 Å². The van der Waals surface area contributed by atoms with E-state index in [1.165, 1.54) is 0 Å². The topological polar surface area (TPSA) is 53.2 Å². The summed E-state index contributed by atoms with van der Waals surface area (Å²) in [6.45, 7) is 4.83. The average molecular weight is 271 g/mol. The van der Waals surface area contributed by atoms with Gasteiger partial charge in [0, 0.05) is 12.0 Å². The van der Waals surface area contributed by atoms with E-state index in [-0.39, 0.29) is 5.41 Å². The standard InChI is InChI=1S/C17H21NO2/c1-15(2)7-8-17(19,11-15)16(12-18)9-10-20-14-6-4-3-5-13(14)16/h3-6,19H,7-11H2,1-2H3. The highest BCUT2D eigenvalue weighted by molar-refractivity contribution is 5.48. The Labute approximate surface area is 120 Å². The third-order valence-corrected chi connectivity index (χ3v) is 5.05.